The Morgan fingerprint density at radius 2 is 1.65 bits per heavy atom. The molecule has 0 atom stereocenters. The summed E-state index contributed by atoms with van der Waals surface area (Å²) >= 11 is 1.90. The Bertz CT molecular complexity index is 935. The highest BCUT2D eigenvalue weighted by Crippen LogP contribution is 2.25. The van der Waals surface area contributed by atoms with Gasteiger partial charge in [-0.05, 0) is 84.6 Å². The minimum Gasteiger partial charge on any atom is -0.282 e. The van der Waals surface area contributed by atoms with E-state index in [1.807, 2.05) is 0 Å². The normalized spacial score (nSPS) is 9.77. The molecule has 0 saturated carbocycles. The Balaban J connectivity index is 2.11. The van der Waals surface area contributed by atoms with Crippen LogP contribution in [-0.2, 0) is 9.59 Å². The predicted octanol–water partition coefficient (Wildman–Crippen LogP) is 5.23. The van der Waals surface area contributed by atoms with Crippen LogP contribution in [0.2, 0.25) is 0 Å². The van der Waals surface area contributed by atoms with Crippen molar-refractivity contribution in [1.29, 1.82) is 0 Å². The number of hydrogen-bond donors (Lipinski definition) is 0. The molecule has 2 aromatic rings. The van der Waals surface area contributed by atoms with Crippen LogP contribution in [-0.4, -0.2) is 10.2 Å². The van der Waals surface area contributed by atoms with Crippen LogP contribution in [0.1, 0.15) is 18.1 Å². The summed E-state index contributed by atoms with van der Waals surface area (Å²) in [6, 6.07) is 11.7. The fraction of sp³-hybridized carbons (Fsp3) is 0.0476. The van der Waals surface area contributed by atoms with Crippen molar-refractivity contribution in [2.24, 2.45) is 0 Å². The van der Waals surface area contributed by atoms with E-state index in [2.05, 4.69) is 25.0 Å². The van der Waals surface area contributed by atoms with Crippen LogP contribution in [0.3, 0.4) is 0 Å². The van der Waals surface area contributed by atoms with Gasteiger partial charge in [-0.15, -0.1) is 0 Å². The fourth-order valence-electron chi connectivity index (χ4n) is 1.76. The van der Waals surface area contributed by atoms with E-state index in [0.717, 1.165) is 34.0 Å². The second kappa shape index (κ2) is 9.23. The molecular formula is C21H15FO2S2. The quantitative estimate of drug-likeness (QED) is 0.412. The molecule has 0 heterocycles. The third-order valence-electron chi connectivity index (χ3n) is 3.07. The molecule has 130 valence electrons. The van der Waals surface area contributed by atoms with E-state index in [1.54, 1.807) is 37.3 Å². The molecule has 0 N–H and O–H groups in total. The molecular weight excluding hydrogens is 367 g/mol. The Labute approximate surface area is 160 Å². The average molecular weight is 382 g/mol. The molecule has 0 fully saturated rings. The maximum Gasteiger partial charge on any atom is 0.219 e. The highest BCUT2D eigenvalue weighted by molar-refractivity contribution is 8.14. The van der Waals surface area contributed by atoms with Gasteiger partial charge in [0.1, 0.15) is 5.82 Å². The molecule has 0 aliphatic rings. The van der Waals surface area contributed by atoms with E-state index < -0.39 is 5.82 Å². The van der Waals surface area contributed by atoms with E-state index in [9.17, 15) is 14.0 Å². The molecule has 5 heteroatoms. The monoisotopic (exact) mass is 382 g/mol. The maximum absolute atomic E-state index is 14.1. The van der Waals surface area contributed by atoms with Crippen molar-refractivity contribution in [3.8, 4) is 11.8 Å². The van der Waals surface area contributed by atoms with Crippen LogP contribution in [0.4, 0.5) is 4.39 Å². The van der Waals surface area contributed by atoms with Gasteiger partial charge in [-0.3, -0.25) is 9.59 Å². The molecule has 0 aliphatic heterocycles. The van der Waals surface area contributed by atoms with E-state index in [0.29, 0.717) is 11.1 Å². The Morgan fingerprint density at radius 3 is 2.23 bits per heavy atom. The number of carbonyl (C=O) groups is 2. The van der Waals surface area contributed by atoms with Gasteiger partial charge < -0.3 is 0 Å². The lowest BCUT2D eigenvalue weighted by Crippen LogP contribution is -1.93. The van der Waals surface area contributed by atoms with Gasteiger partial charge in [-0.2, -0.15) is 0 Å². The topological polar surface area (TPSA) is 34.1 Å². The zero-order valence-corrected chi connectivity index (χ0v) is 15.7. The SMILES string of the molecule is C=CC(=O)Sc1ccc(C#Cc2ccc(SC(=O)C(=C)C)c(F)c2)cc1. The maximum atomic E-state index is 14.1. The molecule has 0 radical (unpaired) electrons. The number of carbonyl (C=O) groups excluding carboxylic acids is 2. The van der Waals surface area contributed by atoms with Crippen molar-refractivity contribution in [3.05, 3.63) is 84.2 Å². The number of hydrogen-bond acceptors (Lipinski definition) is 4. The number of rotatable bonds is 4. The Hall–Kier alpha value is -2.55. The van der Waals surface area contributed by atoms with Crippen LogP contribution in [0, 0.1) is 17.7 Å². The van der Waals surface area contributed by atoms with E-state index >= 15 is 0 Å². The molecule has 2 nitrogen and oxygen atoms in total. The van der Waals surface area contributed by atoms with E-state index in [4.69, 9.17) is 0 Å². The standard InChI is InChI=1S/C21H15FO2S2/c1-4-20(23)25-17-10-7-15(8-11-17)5-6-16-9-12-19(18(22)13-16)26-21(24)14(2)3/h4,7-13H,1-2H2,3H3. The van der Waals surface area contributed by atoms with Gasteiger partial charge in [-0.25, -0.2) is 4.39 Å². The first-order chi connectivity index (χ1) is 12.4. The molecule has 0 aromatic heterocycles. The highest BCUT2D eigenvalue weighted by atomic mass is 32.2. The summed E-state index contributed by atoms with van der Waals surface area (Å²) in [6.45, 7) is 8.56. The Kier molecular flexibility index (Phi) is 7.02. The zero-order valence-electron chi connectivity index (χ0n) is 14.0. The van der Waals surface area contributed by atoms with Crippen LogP contribution in [0.15, 0.2) is 77.1 Å². The lowest BCUT2D eigenvalue weighted by atomic mass is 10.2. The summed E-state index contributed by atoms with van der Waals surface area (Å²) in [7, 11) is 0. The molecule has 0 spiro atoms. The van der Waals surface area contributed by atoms with Crippen molar-refractivity contribution in [3.63, 3.8) is 0 Å². The molecule has 0 saturated heterocycles. The first kappa shape index (κ1) is 19.8. The molecule has 2 aromatic carbocycles. The summed E-state index contributed by atoms with van der Waals surface area (Å²) in [4.78, 5) is 24.0. The zero-order chi connectivity index (χ0) is 19.1. The predicted molar refractivity (Wildman–Crippen MR) is 106 cm³/mol. The van der Waals surface area contributed by atoms with Crippen molar-refractivity contribution in [2.75, 3.05) is 0 Å². The highest BCUT2D eigenvalue weighted by Gasteiger charge is 2.10. The second-order valence-electron chi connectivity index (χ2n) is 5.21. The van der Waals surface area contributed by atoms with Crippen molar-refractivity contribution < 1.29 is 14.0 Å². The second-order valence-corrected chi connectivity index (χ2v) is 7.31. The molecule has 0 amide bonds. The van der Waals surface area contributed by atoms with Crippen molar-refractivity contribution >= 4 is 33.8 Å². The van der Waals surface area contributed by atoms with E-state index in [1.165, 1.54) is 18.2 Å². The van der Waals surface area contributed by atoms with Crippen molar-refractivity contribution in [2.45, 2.75) is 16.7 Å². The molecule has 2 rings (SSSR count). The molecule has 0 bridgehead atoms. The largest absolute Gasteiger partial charge is 0.282 e. The van der Waals surface area contributed by atoms with Gasteiger partial charge in [-0.1, -0.05) is 25.0 Å². The fourth-order valence-corrected chi connectivity index (χ4v) is 3.01. The summed E-state index contributed by atoms with van der Waals surface area (Å²) in [5.41, 5.74) is 1.63. The minimum absolute atomic E-state index is 0.123. The van der Waals surface area contributed by atoms with Crippen LogP contribution in [0.5, 0.6) is 0 Å². The summed E-state index contributed by atoms with van der Waals surface area (Å²) in [5, 5.41) is -0.391. The molecule has 0 aliphatic carbocycles. The van der Waals surface area contributed by atoms with E-state index in [-0.39, 0.29) is 15.1 Å². The third-order valence-corrected chi connectivity index (χ3v) is 5.03. The molecule has 0 unspecified atom stereocenters. The number of thioether (sulfide) groups is 2. The third kappa shape index (κ3) is 5.76. The average Bonchev–Trinajstić information content (AvgIpc) is 2.62. The summed E-state index contributed by atoms with van der Waals surface area (Å²) < 4.78 is 14.1. The summed E-state index contributed by atoms with van der Waals surface area (Å²) in [6.07, 6.45) is 1.26. The first-order valence-electron chi connectivity index (χ1n) is 7.52. The van der Waals surface area contributed by atoms with Crippen molar-refractivity contribution in [1.82, 2.24) is 0 Å². The lowest BCUT2D eigenvalue weighted by molar-refractivity contribution is -0.108. The molecule has 26 heavy (non-hydrogen) atoms. The van der Waals surface area contributed by atoms with Gasteiger partial charge in [0, 0.05) is 16.0 Å². The van der Waals surface area contributed by atoms with Gasteiger partial charge >= 0.3 is 0 Å². The lowest BCUT2D eigenvalue weighted by Gasteiger charge is -2.02. The Morgan fingerprint density at radius 1 is 1.04 bits per heavy atom. The van der Waals surface area contributed by atoms with Gasteiger partial charge in [0.05, 0.1) is 4.90 Å². The van der Waals surface area contributed by atoms with Crippen LogP contribution < -0.4 is 0 Å². The first-order valence-corrected chi connectivity index (χ1v) is 9.16. The van der Waals surface area contributed by atoms with Gasteiger partial charge in [0.25, 0.3) is 0 Å². The van der Waals surface area contributed by atoms with Gasteiger partial charge in [0.2, 0.25) is 10.2 Å². The number of halogens is 1. The van der Waals surface area contributed by atoms with Gasteiger partial charge in [0.15, 0.2) is 0 Å². The minimum atomic E-state index is -0.494. The smallest absolute Gasteiger partial charge is 0.219 e. The summed E-state index contributed by atoms with van der Waals surface area (Å²) in [5.74, 6) is 5.33. The van der Waals surface area contributed by atoms with Crippen LogP contribution >= 0.6 is 23.5 Å². The van der Waals surface area contributed by atoms with Crippen LogP contribution in [0.25, 0.3) is 0 Å². The number of benzene rings is 2.